The third-order valence-electron chi connectivity index (χ3n) is 2.70. The summed E-state index contributed by atoms with van der Waals surface area (Å²) in [5, 5.41) is -0.0498. The summed E-state index contributed by atoms with van der Waals surface area (Å²) >= 11 is 17.5. The Bertz CT molecular complexity index is 476. The van der Waals surface area contributed by atoms with Crippen LogP contribution in [0.15, 0.2) is 40.9 Å². The average Bonchev–Trinajstić information content (AvgIpc) is 2.69. The molecule has 1 aromatic carbocycles. The lowest BCUT2D eigenvalue weighted by atomic mass is 9.97. The molecule has 0 saturated heterocycles. The van der Waals surface area contributed by atoms with E-state index in [1.165, 1.54) is 16.9 Å². The standard InChI is InChI=1S/C13H11BrCl2S/c1-8(9-5-3-2-4-6-9)12(15)11-7-10(14)13(16)17-11/h2-8,12H,1H3. The van der Waals surface area contributed by atoms with Gasteiger partial charge in [-0.2, -0.15) is 0 Å². The molecule has 0 saturated carbocycles. The molecule has 0 aliphatic rings. The van der Waals surface area contributed by atoms with Gasteiger partial charge in [-0.3, -0.25) is 0 Å². The molecule has 0 bridgehead atoms. The molecule has 2 unspecified atom stereocenters. The van der Waals surface area contributed by atoms with Crippen molar-refractivity contribution in [2.45, 2.75) is 18.2 Å². The molecule has 17 heavy (non-hydrogen) atoms. The van der Waals surface area contributed by atoms with Gasteiger partial charge >= 0.3 is 0 Å². The van der Waals surface area contributed by atoms with Crippen LogP contribution in [-0.4, -0.2) is 0 Å². The number of thiophene rings is 1. The van der Waals surface area contributed by atoms with Gasteiger partial charge < -0.3 is 0 Å². The molecule has 0 spiro atoms. The van der Waals surface area contributed by atoms with E-state index < -0.39 is 0 Å². The molecule has 0 radical (unpaired) electrons. The van der Waals surface area contributed by atoms with Gasteiger partial charge in [-0.05, 0) is 27.6 Å². The largest absolute Gasteiger partial charge is 0.126 e. The summed E-state index contributed by atoms with van der Waals surface area (Å²) in [5.74, 6) is 0.263. The third-order valence-corrected chi connectivity index (χ3v) is 6.00. The van der Waals surface area contributed by atoms with Crippen molar-refractivity contribution >= 4 is 50.5 Å². The van der Waals surface area contributed by atoms with Crippen molar-refractivity contribution in [2.75, 3.05) is 0 Å². The van der Waals surface area contributed by atoms with E-state index in [-0.39, 0.29) is 11.3 Å². The minimum absolute atomic E-state index is 0.0498. The number of hydrogen-bond acceptors (Lipinski definition) is 1. The van der Waals surface area contributed by atoms with Crippen LogP contribution in [0.5, 0.6) is 0 Å². The first-order valence-electron chi connectivity index (χ1n) is 5.23. The van der Waals surface area contributed by atoms with E-state index in [1.807, 2.05) is 24.3 Å². The normalized spacial score (nSPS) is 14.6. The highest BCUT2D eigenvalue weighted by Gasteiger charge is 2.21. The molecular weight excluding hydrogens is 339 g/mol. The Labute approximate surface area is 124 Å². The number of alkyl halides is 1. The molecule has 2 rings (SSSR count). The lowest BCUT2D eigenvalue weighted by molar-refractivity contribution is 0.741. The Morgan fingerprint density at radius 3 is 2.41 bits per heavy atom. The second-order valence-corrected chi connectivity index (χ2v) is 6.88. The molecule has 0 fully saturated rings. The van der Waals surface area contributed by atoms with Crippen LogP contribution in [0.3, 0.4) is 0 Å². The van der Waals surface area contributed by atoms with E-state index in [2.05, 4.69) is 35.0 Å². The first-order chi connectivity index (χ1) is 8.09. The second-order valence-electron chi connectivity index (χ2n) is 3.87. The highest BCUT2D eigenvalue weighted by molar-refractivity contribution is 9.10. The van der Waals surface area contributed by atoms with Crippen molar-refractivity contribution in [3.8, 4) is 0 Å². The van der Waals surface area contributed by atoms with Gasteiger partial charge in [0.2, 0.25) is 0 Å². The zero-order valence-electron chi connectivity index (χ0n) is 9.16. The zero-order chi connectivity index (χ0) is 12.4. The Morgan fingerprint density at radius 1 is 1.24 bits per heavy atom. The first-order valence-corrected chi connectivity index (χ1v) is 7.65. The van der Waals surface area contributed by atoms with Crippen LogP contribution in [0.2, 0.25) is 4.34 Å². The Balaban J connectivity index is 2.23. The molecule has 1 heterocycles. The average molecular weight is 350 g/mol. The fourth-order valence-electron chi connectivity index (χ4n) is 1.67. The highest BCUT2D eigenvalue weighted by atomic mass is 79.9. The van der Waals surface area contributed by atoms with Crippen LogP contribution in [0.1, 0.15) is 28.7 Å². The van der Waals surface area contributed by atoms with Crippen molar-refractivity contribution in [1.29, 1.82) is 0 Å². The van der Waals surface area contributed by atoms with Crippen LogP contribution in [0, 0.1) is 0 Å². The van der Waals surface area contributed by atoms with Crippen LogP contribution in [0.25, 0.3) is 0 Å². The molecule has 0 aliphatic carbocycles. The summed E-state index contributed by atoms with van der Waals surface area (Å²) in [6.45, 7) is 2.13. The minimum Gasteiger partial charge on any atom is -0.126 e. The van der Waals surface area contributed by atoms with Crippen molar-refractivity contribution in [3.63, 3.8) is 0 Å². The van der Waals surface area contributed by atoms with E-state index in [0.717, 1.165) is 13.7 Å². The molecule has 90 valence electrons. The summed E-state index contributed by atoms with van der Waals surface area (Å²) in [6, 6.07) is 12.3. The maximum atomic E-state index is 6.51. The molecule has 0 aliphatic heterocycles. The van der Waals surface area contributed by atoms with Crippen LogP contribution in [-0.2, 0) is 0 Å². The molecule has 4 heteroatoms. The number of rotatable bonds is 3. The van der Waals surface area contributed by atoms with Gasteiger partial charge in [-0.25, -0.2) is 0 Å². The number of benzene rings is 1. The first kappa shape index (κ1) is 13.4. The third kappa shape index (κ3) is 3.05. The molecule has 0 amide bonds. The molecule has 0 N–H and O–H groups in total. The fraction of sp³-hybridized carbons (Fsp3) is 0.231. The quantitative estimate of drug-likeness (QED) is 0.574. The van der Waals surface area contributed by atoms with E-state index in [9.17, 15) is 0 Å². The van der Waals surface area contributed by atoms with Gasteiger partial charge in [0.15, 0.2) is 0 Å². The maximum absolute atomic E-state index is 6.51. The van der Waals surface area contributed by atoms with Gasteiger partial charge in [0, 0.05) is 15.3 Å². The van der Waals surface area contributed by atoms with E-state index >= 15 is 0 Å². The Morgan fingerprint density at radius 2 is 1.88 bits per heavy atom. The summed E-state index contributed by atoms with van der Waals surface area (Å²) in [6.07, 6.45) is 0. The smallest absolute Gasteiger partial charge is 0.107 e. The number of halogens is 3. The van der Waals surface area contributed by atoms with E-state index in [4.69, 9.17) is 23.2 Å². The topological polar surface area (TPSA) is 0 Å². The molecule has 1 aromatic heterocycles. The van der Waals surface area contributed by atoms with E-state index in [1.54, 1.807) is 0 Å². The van der Waals surface area contributed by atoms with E-state index in [0.29, 0.717) is 0 Å². The Kier molecular flexibility index (Phi) is 4.53. The van der Waals surface area contributed by atoms with Crippen LogP contribution < -0.4 is 0 Å². The summed E-state index contributed by atoms with van der Waals surface area (Å²) in [7, 11) is 0. The SMILES string of the molecule is CC(c1ccccc1)C(Cl)c1cc(Br)c(Cl)s1. The molecular formula is C13H11BrCl2S. The van der Waals surface area contributed by atoms with Crippen molar-refractivity contribution in [1.82, 2.24) is 0 Å². The van der Waals surface area contributed by atoms with Gasteiger partial charge in [0.1, 0.15) is 4.34 Å². The van der Waals surface area contributed by atoms with Crippen LogP contribution in [0.4, 0.5) is 0 Å². The zero-order valence-corrected chi connectivity index (χ0v) is 13.1. The highest BCUT2D eigenvalue weighted by Crippen LogP contribution is 2.43. The van der Waals surface area contributed by atoms with Gasteiger partial charge in [-0.15, -0.1) is 22.9 Å². The summed E-state index contributed by atoms with van der Waals surface area (Å²) in [5.41, 5.74) is 1.24. The summed E-state index contributed by atoms with van der Waals surface area (Å²) < 4.78 is 1.68. The predicted octanol–water partition coefficient (Wildman–Crippen LogP) is 6.25. The van der Waals surface area contributed by atoms with Crippen LogP contribution >= 0.6 is 50.5 Å². The molecule has 2 aromatic rings. The lowest BCUT2D eigenvalue weighted by Crippen LogP contribution is -2.00. The maximum Gasteiger partial charge on any atom is 0.107 e. The van der Waals surface area contributed by atoms with Gasteiger partial charge in [0.25, 0.3) is 0 Å². The predicted molar refractivity (Wildman–Crippen MR) is 80.5 cm³/mol. The summed E-state index contributed by atoms with van der Waals surface area (Å²) in [4.78, 5) is 1.10. The van der Waals surface area contributed by atoms with Crippen molar-refractivity contribution in [3.05, 3.63) is 55.6 Å². The molecule has 0 nitrogen and oxygen atoms in total. The minimum atomic E-state index is -0.0498. The van der Waals surface area contributed by atoms with Crippen molar-refractivity contribution < 1.29 is 0 Å². The fourth-order valence-corrected chi connectivity index (χ4v) is 3.83. The monoisotopic (exact) mass is 348 g/mol. The Hall–Kier alpha value is -0.0200. The second kappa shape index (κ2) is 5.75. The lowest BCUT2D eigenvalue weighted by Gasteiger charge is -2.16. The van der Waals surface area contributed by atoms with Crippen molar-refractivity contribution in [2.24, 2.45) is 0 Å². The molecule has 2 atom stereocenters. The number of hydrogen-bond donors (Lipinski definition) is 0. The van der Waals surface area contributed by atoms with Gasteiger partial charge in [-0.1, -0.05) is 48.9 Å². The van der Waals surface area contributed by atoms with Gasteiger partial charge in [0.05, 0.1) is 5.38 Å².